The SMILES string of the molecule is CNC(=O)c1csc2c(C(F)(F)F)c(Cl)c(N3CCN(OC(=O)CCC4CC4)CC3)nc12. The number of hydrogen-bond acceptors (Lipinski definition) is 7. The summed E-state index contributed by atoms with van der Waals surface area (Å²) in [6.45, 7) is 1.15. The number of hydroxylamine groups is 2. The number of nitrogens with one attached hydrogen (secondary N) is 1. The van der Waals surface area contributed by atoms with Crippen LogP contribution in [0, 0.1) is 5.92 Å². The van der Waals surface area contributed by atoms with Crippen molar-refractivity contribution in [3.05, 3.63) is 21.5 Å². The number of alkyl halides is 3. The zero-order valence-corrected chi connectivity index (χ0v) is 18.9. The van der Waals surface area contributed by atoms with Crippen molar-refractivity contribution in [1.82, 2.24) is 15.4 Å². The van der Waals surface area contributed by atoms with Crippen LogP contribution in [0.2, 0.25) is 5.02 Å². The lowest BCUT2D eigenvalue weighted by Gasteiger charge is -2.34. The van der Waals surface area contributed by atoms with Crippen LogP contribution in [-0.2, 0) is 15.8 Å². The van der Waals surface area contributed by atoms with Gasteiger partial charge in [-0.05, 0) is 12.3 Å². The maximum absolute atomic E-state index is 13.9. The molecule has 7 nitrogen and oxygen atoms in total. The monoisotopic (exact) mass is 490 g/mol. The third kappa shape index (κ3) is 4.79. The van der Waals surface area contributed by atoms with E-state index < -0.39 is 22.7 Å². The van der Waals surface area contributed by atoms with Gasteiger partial charge in [0.25, 0.3) is 5.91 Å². The van der Waals surface area contributed by atoms with E-state index in [4.69, 9.17) is 16.4 Å². The molecule has 1 aliphatic heterocycles. The van der Waals surface area contributed by atoms with E-state index >= 15 is 0 Å². The van der Waals surface area contributed by atoms with Gasteiger partial charge >= 0.3 is 12.1 Å². The largest absolute Gasteiger partial charge is 0.419 e. The quantitative estimate of drug-likeness (QED) is 0.657. The number of carbonyl (C=O) groups is 2. The average Bonchev–Trinajstić information content (AvgIpc) is 3.49. The Hall–Kier alpha value is -2.11. The number of halogens is 4. The van der Waals surface area contributed by atoms with Crippen molar-refractivity contribution in [2.75, 3.05) is 38.1 Å². The van der Waals surface area contributed by atoms with Gasteiger partial charge in [0, 0.05) is 31.9 Å². The molecule has 1 aliphatic carbocycles. The molecule has 32 heavy (non-hydrogen) atoms. The van der Waals surface area contributed by atoms with Crippen molar-refractivity contribution in [3.8, 4) is 0 Å². The molecule has 1 saturated carbocycles. The molecule has 2 aliphatic rings. The van der Waals surface area contributed by atoms with Gasteiger partial charge < -0.3 is 15.1 Å². The first-order valence-corrected chi connectivity index (χ1v) is 11.6. The number of piperazine rings is 1. The maximum Gasteiger partial charge on any atom is 0.419 e. The summed E-state index contributed by atoms with van der Waals surface area (Å²) < 4.78 is 41.4. The fourth-order valence-corrected chi connectivity index (χ4v) is 5.15. The van der Waals surface area contributed by atoms with E-state index in [9.17, 15) is 22.8 Å². The van der Waals surface area contributed by atoms with Crippen LogP contribution in [0.1, 0.15) is 41.6 Å². The summed E-state index contributed by atoms with van der Waals surface area (Å²) in [6, 6.07) is 0. The van der Waals surface area contributed by atoms with Crippen molar-refractivity contribution in [1.29, 1.82) is 0 Å². The summed E-state index contributed by atoms with van der Waals surface area (Å²) in [6.07, 6.45) is -1.20. The molecular formula is C20H22ClF3N4O3S. The Labute approximate surface area is 191 Å². The summed E-state index contributed by atoms with van der Waals surface area (Å²) in [5, 5.41) is 4.80. The van der Waals surface area contributed by atoms with Crippen LogP contribution in [0.5, 0.6) is 0 Å². The number of amides is 1. The summed E-state index contributed by atoms with van der Waals surface area (Å²) >= 11 is 7.00. The number of thiophene rings is 1. The lowest BCUT2D eigenvalue weighted by Crippen LogP contribution is -2.47. The molecule has 0 radical (unpaired) electrons. The summed E-state index contributed by atoms with van der Waals surface area (Å²) in [7, 11) is 1.40. The van der Waals surface area contributed by atoms with Crippen LogP contribution in [0.4, 0.5) is 19.0 Å². The molecular weight excluding hydrogens is 469 g/mol. The molecule has 0 aromatic carbocycles. The smallest absolute Gasteiger partial charge is 0.368 e. The van der Waals surface area contributed by atoms with Gasteiger partial charge in [0.15, 0.2) is 0 Å². The molecule has 2 aromatic heterocycles. The van der Waals surface area contributed by atoms with Crippen LogP contribution in [0.15, 0.2) is 5.38 Å². The fourth-order valence-electron chi connectivity index (χ4n) is 3.67. The first-order chi connectivity index (χ1) is 15.2. The molecule has 2 aromatic rings. The van der Waals surface area contributed by atoms with Crippen LogP contribution in [-0.4, -0.2) is 55.2 Å². The van der Waals surface area contributed by atoms with E-state index in [-0.39, 0.29) is 40.7 Å². The van der Waals surface area contributed by atoms with E-state index in [1.165, 1.54) is 17.5 Å². The summed E-state index contributed by atoms with van der Waals surface area (Å²) in [5.74, 6) is -0.222. The molecule has 1 amide bonds. The Kier molecular flexibility index (Phi) is 6.51. The predicted octanol–water partition coefficient (Wildman–Crippen LogP) is 4.10. The van der Waals surface area contributed by atoms with Crippen LogP contribution in [0.3, 0.4) is 0 Å². The standard InChI is InChI=1S/C20H22ClF3N4O3S/c1-25-19(30)12-10-32-17-14(20(22,23)24)15(21)18(26-16(12)17)27-6-8-28(9-7-27)31-13(29)5-4-11-2-3-11/h10-11H,2-9H2,1H3,(H,25,30). The predicted molar refractivity (Wildman–Crippen MR) is 115 cm³/mol. The lowest BCUT2D eigenvalue weighted by molar-refractivity contribution is -0.192. The van der Waals surface area contributed by atoms with Crippen molar-refractivity contribution in [3.63, 3.8) is 0 Å². The highest BCUT2D eigenvalue weighted by atomic mass is 35.5. The summed E-state index contributed by atoms with van der Waals surface area (Å²) in [5.41, 5.74) is -0.956. The molecule has 0 bridgehead atoms. The molecule has 1 saturated heterocycles. The number of aromatic nitrogens is 1. The van der Waals surface area contributed by atoms with Gasteiger partial charge in [-0.2, -0.15) is 13.2 Å². The molecule has 1 N–H and O–H groups in total. The first-order valence-electron chi connectivity index (χ1n) is 10.3. The Morgan fingerprint density at radius 1 is 1.28 bits per heavy atom. The highest BCUT2D eigenvalue weighted by Gasteiger charge is 2.40. The molecule has 2 fully saturated rings. The van der Waals surface area contributed by atoms with Crippen LogP contribution < -0.4 is 10.2 Å². The molecule has 3 heterocycles. The molecule has 4 rings (SSSR count). The second-order valence-electron chi connectivity index (χ2n) is 7.89. The highest BCUT2D eigenvalue weighted by molar-refractivity contribution is 7.17. The van der Waals surface area contributed by atoms with E-state index in [1.807, 2.05) is 0 Å². The van der Waals surface area contributed by atoms with Gasteiger partial charge in [-0.25, -0.2) is 4.98 Å². The number of pyridine rings is 1. The molecule has 12 heteroatoms. The van der Waals surface area contributed by atoms with Gasteiger partial charge in [0.1, 0.15) is 5.82 Å². The number of carbonyl (C=O) groups excluding carboxylic acids is 2. The van der Waals surface area contributed by atoms with E-state index in [0.29, 0.717) is 25.4 Å². The average molecular weight is 491 g/mol. The number of fused-ring (bicyclic) bond motifs is 1. The Bertz CT molecular complexity index is 1030. The molecule has 0 spiro atoms. The molecule has 174 valence electrons. The Morgan fingerprint density at radius 2 is 1.97 bits per heavy atom. The molecule has 0 unspecified atom stereocenters. The second-order valence-corrected chi connectivity index (χ2v) is 9.15. The number of anilines is 1. The van der Waals surface area contributed by atoms with Gasteiger partial charge in [0.2, 0.25) is 0 Å². The zero-order valence-electron chi connectivity index (χ0n) is 17.3. The number of nitrogens with zero attached hydrogens (tertiary/aromatic N) is 3. The Morgan fingerprint density at radius 3 is 2.56 bits per heavy atom. The van der Waals surface area contributed by atoms with E-state index in [2.05, 4.69) is 10.3 Å². The van der Waals surface area contributed by atoms with Crippen LogP contribution >= 0.6 is 22.9 Å². The second kappa shape index (κ2) is 9.03. The van der Waals surface area contributed by atoms with Crippen molar-refractivity contribution in [2.45, 2.75) is 31.9 Å². The number of rotatable bonds is 6. The number of hydrogen-bond donors (Lipinski definition) is 1. The van der Waals surface area contributed by atoms with Crippen molar-refractivity contribution in [2.24, 2.45) is 5.92 Å². The topological polar surface area (TPSA) is 74.8 Å². The summed E-state index contributed by atoms with van der Waals surface area (Å²) in [4.78, 5) is 35.5. The third-order valence-electron chi connectivity index (χ3n) is 5.60. The van der Waals surface area contributed by atoms with Gasteiger partial charge in [-0.15, -0.1) is 16.4 Å². The minimum absolute atomic E-state index is 0.0324. The maximum atomic E-state index is 13.9. The lowest BCUT2D eigenvalue weighted by atomic mass is 10.1. The van der Waals surface area contributed by atoms with Crippen molar-refractivity contribution >= 4 is 50.8 Å². The van der Waals surface area contributed by atoms with Gasteiger partial charge in [0.05, 0.1) is 39.5 Å². The fraction of sp³-hybridized carbons (Fsp3) is 0.550. The Balaban J connectivity index is 1.55. The van der Waals surface area contributed by atoms with E-state index in [0.717, 1.165) is 30.6 Å². The third-order valence-corrected chi connectivity index (χ3v) is 6.95. The molecule has 0 atom stereocenters. The van der Waals surface area contributed by atoms with E-state index in [1.54, 1.807) is 4.90 Å². The van der Waals surface area contributed by atoms with Gasteiger partial charge in [-0.1, -0.05) is 24.4 Å². The van der Waals surface area contributed by atoms with Gasteiger partial charge in [-0.3, -0.25) is 9.59 Å². The van der Waals surface area contributed by atoms with Crippen molar-refractivity contribution < 1.29 is 27.6 Å². The first kappa shape index (κ1) is 23.1. The normalized spacial score (nSPS) is 17.6. The van der Waals surface area contributed by atoms with Crippen LogP contribution in [0.25, 0.3) is 10.2 Å². The minimum atomic E-state index is -4.71. The minimum Gasteiger partial charge on any atom is -0.368 e. The highest BCUT2D eigenvalue weighted by Crippen LogP contribution is 2.46. The zero-order chi connectivity index (χ0) is 23.0.